The van der Waals surface area contributed by atoms with Gasteiger partial charge in [0.1, 0.15) is 0 Å². The molecule has 0 bridgehead atoms. The Bertz CT molecular complexity index is 268. The van der Waals surface area contributed by atoms with E-state index in [4.69, 9.17) is 5.11 Å². The molecule has 1 aliphatic carbocycles. The Morgan fingerprint density at radius 3 is 2.69 bits per heavy atom. The third-order valence-corrected chi connectivity index (χ3v) is 3.09. The third-order valence-electron chi connectivity index (χ3n) is 3.09. The topological polar surface area (TPSA) is 20.2 Å². The van der Waals surface area contributed by atoms with Gasteiger partial charge >= 0.3 is 0 Å². The molecule has 0 amide bonds. The van der Waals surface area contributed by atoms with Gasteiger partial charge < -0.3 is 5.11 Å². The van der Waals surface area contributed by atoms with Gasteiger partial charge in [-0.1, -0.05) is 37.3 Å². The van der Waals surface area contributed by atoms with Crippen molar-refractivity contribution in [1.29, 1.82) is 0 Å². The van der Waals surface area contributed by atoms with Gasteiger partial charge in [0, 0.05) is 6.61 Å². The molecule has 0 aromatic heterocycles. The smallest absolute Gasteiger partial charge is 0.0459 e. The highest BCUT2D eigenvalue weighted by Gasteiger charge is 2.41. The van der Waals surface area contributed by atoms with Crippen molar-refractivity contribution in [3.05, 3.63) is 35.9 Å². The normalized spacial score (nSPS) is 28.5. The molecule has 0 aliphatic heterocycles. The lowest BCUT2D eigenvalue weighted by molar-refractivity contribution is 0.220. The van der Waals surface area contributed by atoms with Crippen molar-refractivity contribution < 1.29 is 5.11 Å². The van der Waals surface area contributed by atoms with Crippen molar-refractivity contribution in [2.45, 2.75) is 19.3 Å². The lowest BCUT2D eigenvalue weighted by Crippen LogP contribution is -2.03. The minimum Gasteiger partial charge on any atom is -0.396 e. The average Bonchev–Trinajstić information content (AvgIpc) is 2.98. The van der Waals surface area contributed by atoms with E-state index in [1.54, 1.807) is 0 Å². The molecular weight excluding hydrogens is 160 g/mol. The molecule has 1 aromatic carbocycles. The minimum atomic E-state index is 0.327. The van der Waals surface area contributed by atoms with Gasteiger partial charge in [0.25, 0.3) is 0 Å². The summed E-state index contributed by atoms with van der Waals surface area (Å²) in [5.41, 5.74) is 1.44. The maximum Gasteiger partial charge on any atom is 0.0459 e. The van der Waals surface area contributed by atoms with Crippen LogP contribution in [0.15, 0.2) is 30.3 Å². The zero-order valence-corrected chi connectivity index (χ0v) is 7.98. The van der Waals surface area contributed by atoms with Crippen molar-refractivity contribution in [1.82, 2.24) is 0 Å². The van der Waals surface area contributed by atoms with Crippen LogP contribution in [0.1, 0.15) is 24.8 Å². The van der Waals surface area contributed by atoms with Crippen molar-refractivity contribution in [3.63, 3.8) is 0 Å². The maximum atomic E-state index is 9.01. The second-order valence-corrected chi connectivity index (χ2v) is 4.08. The van der Waals surface area contributed by atoms with Crippen LogP contribution < -0.4 is 0 Å². The first kappa shape index (κ1) is 8.76. The highest BCUT2D eigenvalue weighted by Crippen LogP contribution is 2.51. The van der Waals surface area contributed by atoms with E-state index in [0.29, 0.717) is 24.4 Å². The molecule has 1 aromatic rings. The molecule has 1 nitrogen and oxygen atoms in total. The highest BCUT2D eigenvalue weighted by atomic mass is 16.3. The van der Waals surface area contributed by atoms with Gasteiger partial charge in [-0.3, -0.25) is 0 Å². The first-order valence-electron chi connectivity index (χ1n) is 4.98. The number of rotatable bonds is 3. The summed E-state index contributed by atoms with van der Waals surface area (Å²) in [6.45, 7) is 2.46. The molecule has 0 radical (unpaired) electrons. The van der Waals surface area contributed by atoms with Crippen LogP contribution in [0.5, 0.6) is 0 Å². The van der Waals surface area contributed by atoms with Crippen LogP contribution in [0.3, 0.4) is 0 Å². The second-order valence-electron chi connectivity index (χ2n) is 4.08. The predicted molar refractivity (Wildman–Crippen MR) is 53.5 cm³/mol. The summed E-state index contributed by atoms with van der Waals surface area (Å²) in [5, 5.41) is 9.01. The number of aliphatic hydroxyl groups is 1. The summed E-state index contributed by atoms with van der Waals surface area (Å²) in [6.07, 6.45) is 1.26. The SMILES string of the molecule is CC(CO)[C@H]1C[C@@H]1c1ccccc1. The number of aliphatic hydroxyl groups excluding tert-OH is 1. The van der Waals surface area contributed by atoms with E-state index in [-0.39, 0.29) is 0 Å². The van der Waals surface area contributed by atoms with Crippen molar-refractivity contribution in [3.8, 4) is 0 Å². The molecule has 0 spiro atoms. The lowest BCUT2D eigenvalue weighted by Gasteiger charge is -2.06. The van der Waals surface area contributed by atoms with Crippen LogP contribution in [0.4, 0.5) is 0 Å². The molecule has 1 heteroatoms. The van der Waals surface area contributed by atoms with E-state index in [9.17, 15) is 0 Å². The van der Waals surface area contributed by atoms with Crippen molar-refractivity contribution in [2.24, 2.45) is 11.8 Å². The van der Waals surface area contributed by atoms with Gasteiger partial charge in [0.05, 0.1) is 0 Å². The van der Waals surface area contributed by atoms with E-state index >= 15 is 0 Å². The van der Waals surface area contributed by atoms with E-state index in [1.165, 1.54) is 12.0 Å². The fraction of sp³-hybridized carbons (Fsp3) is 0.500. The van der Waals surface area contributed by atoms with Crippen LogP contribution in [0.2, 0.25) is 0 Å². The van der Waals surface area contributed by atoms with E-state index in [0.717, 1.165) is 0 Å². The second kappa shape index (κ2) is 3.51. The van der Waals surface area contributed by atoms with Gasteiger partial charge in [-0.15, -0.1) is 0 Å². The van der Waals surface area contributed by atoms with Crippen LogP contribution in [0.25, 0.3) is 0 Å². The fourth-order valence-electron chi connectivity index (χ4n) is 2.06. The van der Waals surface area contributed by atoms with Gasteiger partial charge in [-0.2, -0.15) is 0 Å². The third kappa shape index (κ3) is 1.75. The quantitative estimate of drug-likeness (QED) is 0.750. The summed E-state index contributed by atoms with van der Waals surface area (Å²) >= 11 is 0. The zero-order valence-electron chi connectivity index (χ0n) is 7.98. The Labute approximate surface area is 79.4 Å². The van der Waals surface area contributed by atoms with E-state index in [2.05, 4.69) is 37.3 Å². The molecular formula is C12H16O. The van der Waals surface area contributed by atoms with Crippen LogP contribution >= 0.6 is 0 Å². The summed E-state index contributed by atoms with van der Waals surface area (Å²) in [6, 6.07) is 10.6. The van der Waals surface area contributed by atoms with Crippen molar-refractivity contribution >= 4 is 0 Å². The molecule has 1 unspecified atom stereocenters. The fourth-order valence-corrected chi connectivity index (χ4v) is 2.06. The van der Waals surface area contributed by atoms with Gasteiger partial charge in [0.2, 0.25) is 0 Å². The van der Waals surface area contributed by atoms with Gasteiger partial charge in [-0.25, -0.2) is 0 Å². The Morgan fingerprint density at radius 2 is 2.08 bits per heavy atom. The zero-order chi connectivity index (χ0) is 9.26. The standard InChI is InChI=1S/C12H16O/c1-9(8-13)11-7-12(11)10-5-3-2-4-6-10/h2-6,9,11-13H,7-8H2,1H3/t9?,11-,12-/m1/s1. The molecule has 70 valence electrons. The van der Waals surface area contributed by atoms with Crippen LogP contribution in [-0.2, 0) is 0 Å². The van der Waals surface area contributed by atoms with Gasteiger partial charge in [-0.05, 0) is 29.7 Å². The summed E-state index contributed by atoms with van der Waals surface area (Å²) in [4.78, 5) is 0. The molecule has 1 N–H and O–H groups in total. The molecule has 13 heavy (non-hydrogen) atoms. The molecule has 0 saturated heterocycles. The number of hydrogen-bond donors (Lipinski definition) is 1. The largest absolute Gasteiger partial charge is 0.396 e. The van der Waals surface area contributed by atoms with Gasteiger partial charge in [0.15, 0.2) is 0 Å². The van der Waals surface area contributed by atoms with Crippen LogP contribution in [-0.4, -0.2) is 11.7 Å². The Hall–Kier alpha value is -0.820. The first-order chi connectivity index (χ1) is 6.33. The summed E-state index contributed by atoms with van der Waals surface area (Å²) in [5.74, 6) is 1.89. The predicted octanol–water partition coefficient (Wildman–Crippen LogP) is 2.42. The Balaban J connectivity index is 2.00. The number of benzene rings is 1. The van der Waals surface area contributed by atoms with E-state index in [1.807, 2.05) is 0 Å². The Kier molecular flexibility index (Phi) is 2.36. The van der Waals surface area contributed by atoms with Crippen molar-refractivity contribution in [2.75, 3.05) is 6.61 Å². The Morgan fingerprint density at radius 1 is 1.38 bits per heavy atom. The molecule has 1 saturated carbocycles. The summed E-state index contributed by atoms with van der Waals surface area (Å²) in [7, 11) is 0. The minimum absolute atomic E-state index is 0.327. The lowest BCUT2D eigenvalue weighted by atomic mass is 10.0. The molecule has 0 heterocycles. The molecule has 1 fully saturated rings. The molecule has 1 aliphatic rings. The first-order valence-corrected chi connectivity index (χ1v) is 4.98. The number of hydrogen-bond acceptors (Lipinski definition) is 1. The summed E-state index contributed by atoms with van der Waals surface area (Å²) < 4.78 is 0. The highest BCUT2D eigenvalue weighted by molar-refractivity contribution is 5.25. The average molecular weight is 176 g/mol. The monoisotopic (exact) mass is 176 g/mol. The molecule has 3 atom stereocenters. The van der Waals surface area contributed by atoms with Crippen LogP contribution in [0, 0.1) is 11.8 Å². The van der Waals surface area contributed by atoms with E-state index < -0.39 is 0 Å². The molecule has 2 rings (SSSR count). The maximum absolute atomic E-state index is 9.01.